The minimum atomic E-state index is -0.995. The zero-order valence-corrected chi connectivity index (χ0v) is 16.0. The fraction of sp³-hybridized carbons (Fsp3) is 0.273. The summed E-state index contributed by atoms with van der Waals surface area (Å²) in [5, 5.41) is 6.96. The molecule has 1 aromatic heterocycles. The Morgan fingerprint density at radius 3 is 2.79 bits per heavy atom. The highest BCUT2D eigenvalue weighted by molar-refractivity contribution is 6.07. The number of hydrogen-bond donors (Lipinski definition) is 1. The SMILES string of the molecule is Cc1ccccc1-c1noc(CN2C(=O)N[C@@]3(CCCc4ccccc43)C2=O)n1. The van der Waals surface area contributed by atoms with Crippen LogP contribution >= 0.6 is 0 Å². The van der Waals surface area contributed by atoms with E-state index in [0.29, 0.717) is 12.2 Å². The maximum Gasteiger partial charge on any atom is 0.325 e. The van der Waals surface area contributed by atoms with Gasteiger partial charge in [-0.05, 0) is 42.9 Å². The average Bonchev–Trinajstić information content (AvgIpc) is 3.28. The number of imide groups is 1. The van der Waals surface area contributed by atoms with Gasteiger partial charge < -0.3 is 9.84 Å². The van der Waals surface area contributed by atoms with Crippen molar-refractivity contribution in [3.63, 3.8) is 0 Å². The first-order chi connectivity index (χ1) is 14.1. The third-order valence-corrected chi connectivity index (χ3v) is 5.80. The fourth-order valence-electron chi connectivity index (χ4n) is 4.34. The predicted molar refractivity (Wildman–Crippen MR) is 105 cm³/mol. The molecule has 29 heavy (non-hydrogen) atoms. The summed E-state index contributed by atoms with van der Waals surface area (Å²) in [4.78, 5) is 31.6. The Balaban J connectivity index is 1.44. The molecule has 1 N–H and O–H groups in total. The van der Waals surface area contributed by atoms with E-state index in [1.165, 1.54) is 4.90 Å². The van der Waals surface area contributed by atoms with Crippen LogP contribution < -0.4 is 5.32 Å². The highest BCUT2D eigenvalue weighted by Gasteiger charge is 2.54. The van der Waals surface area contributed by atoms with E-state index in [1.54, 1.807) is 0 Å². The smallest absolute Gasteiger partial charge is 0.325 e. The normalized spacial score (nSPS) is 20.8. The highest BCUT2D eigenvalue weighted by atomic mass is 16.5. The molecule has 1 atom stereocenters. The second-order valence-corrected chi connectivity index (χ2v) is 7.56. The molecule has 2 aromatic carbocycles. The molecule has 2 aliphatic rings. The average molecular weight is 388 g/mol. The third-order valence-electron chi connectivity index (χ3n) is 5.80. The van der Waals surface area contributed by atoms with Gasteiger partial charge >= 0.3 is 6.03 Å². The van der Waals surface area contributed by atoms with E-state index in [9.17, 15) is 9.59 Å². The Bertz CT molecular complexity index is 1120. The van der Waals surface area contributed by atoms with Crippen LogP contribution in [0.25, 0.3) is 11.4 Å². The lowest BCUT2D eigenvalue weighted by atomic mass is 9.76. The molecule has 1 aliphatic heterocycles. The molecule has 1 aliphatic carbocycles. The number of urea groups is 1. The van der Waals surface area contributed by atoms with Crippen molar-refractivity contribution < 1.29 is 14.1 Å². The molecule has 146 valence electrons. The minimum Gasteiger partial charge on any atom is -0.337 e. The second kappa shape index (κ2) is 6.55. The van der Waals surface area contributed by atoms with Crippen LogP contribution in [0.3, 0.4) is 0 Å². The largest absolute Gasteiger partial charge is 0.337 e. The summed E-state index contributed by atoms with van der Waals surface area (Å²) in [7, 11) is 0. The van der Waals surface area contributed by atoms with Crippen molar-refractivity contribution in [3.8, 4) is 11.4 Å². The van der Waals surface area contributed by atoms with Crippen molar-refractivity contribution >= 4 is 11.9 Å². The Labute approximate surface area is 167 Å². The first-order valence-electron chi connectivity index (χ1n) is 9.69. The molecular weight excluding hydrogens is 368 g/mol. The Morgan fingerprint density at radius 2 is 1.93 bits per heavy atom. The molecule has 2 heterocycles. The number of aryl methyl sites for hydroxylation is 2. The van der Waals surface area contributed by atoms with Gasteiger partial charge in [0.1, 0.15) is 12.1 Å². The number of fused-ring (bicyclic) bond motifs is 2. The molecule has 0 saturated carbocycles. The van der Waals surface area contributed by atoms with Crippen molar-refractivity contribution in [3.05, 3.63) is 71.1 Å². The zero-order valence-electron chi connectivity index (χ0n) is 16.0. The van der Waals surface area contributed by atoms with Gasteiger partial charge in [-0.1, -0.05) is 53.7 Å². The number of nitrogens with one attached hydrogen (secondary N) is 1. The molecule has 1 saturated heterocycles. The van der Waals surface area contributed by atoms with Gasteiger partial charge in [0, 0.05) is 5.56 Å². The van der Waals surface area contributed by atoms with E-state index in [1.807, 2.05) is 55.5 Å². The lowest BCUT2D eigenvalue weighted by molar-refractivity contribution is -0.132. The first kappa shape index (κ1) is 17.6. The molecule has 0 bridgehead atoms. The van der Waals surface area contributed by atoms with Crippen molar-refractivity contribution in [2.45, 2.75) is 38.3 Å². The number of hydrogen-bond acceptors (Lipinski definition) is 5. The van der Waals surface area contributed by atoms with Gasteiger partial charge in [0.05, 0.1) is 0 Å². The van der Waals surface area contributed by atoms with Crippen molar-refractivity contribution in [1.82, 2.24) is 20.4 Å². The molecular formula is C22H20N4O3. The maximum atomic E-state index is 13.3. The van der Waals surface area contributed by atoms with E-state index in [0.717, 1.165) is 35.1 Å². The van der Waals surface area contributed by atoms with Crippen LogP contribution in [0, 0.1) is 6.92 Å². The van der Waals surface area contributed by atoms with Crippen LogP contribution in [0.4, 0.5) is 4.79 Å². The maximum absolute atomic E-state index is 13.3. The van der Waals surface area contributed by atoms with Crippen LogP contribution in [-0.2, 0) is 23.3 Å². The van der Waals surface area contributed by atoms with Crippen LogP contribution in [0.5, 0.6) is 0 Å². The summed E-state index contributed by atoms with van der Waals surface area (Å²) < 4.78 is 5.34. The van der Waals surface area contributed by atoms with Crippen LogP contribution in [-0.4, -0.2) is 27.0 Å². The number of carbonyl (C=O) groups is 2. The molecule has 0 radical (unpaired) electrons. The van der Waals surface area contributed by atoms with Crippen molar-refractivity contribution in [2.75, 3.05) is 0 Å². The van der Waals surface area contributed by atoms with Gasteiger partial charge in [0.15, 0.2) is 0 Å². The minimum absolute atomic E-state index is 0.0482. The Morgan fingerprint density at radius 1 is 1.14 bits per heavy atom. The number of aromatic nitrogens is 2. The molecule has 7 heteroatoms. The molecule has 5 rings (SSSR count). The molecule has 3 aromatic rings. The number of nitrogens with zero attached hydrogens (tertiary/aromatic N) is 3. The standard InChI is InChI=1S/C22H20N4O3/c1-14-7-2-4-10-16(14)19-23-18(29-25-19)13-26-20(27)22(24-21(26)28)12-6-9-15-8-3-5-11-17(15)22/h2-5,7-8,10-11H,6,9,12-13H2,1H3,(H,24,28)/t22-/m1/s1. The summed E-state index contributed by atoms with van der Waals surface area (Å²) in [6, 6.07) is 15.1. The zero-order chi connectivity index (χ0) is 20.0. The number of rotatable bonds is 3. The molecule has 3 amide bonds. The molecule has 1 spiro atoms. The third kappa shape index (κ3) is 2.73. The monoisotopic (exact) mass is 388 g/mol. The van der Waals surface area contributed by atoms with Gasteiger partial charge in [-0.15, -0.1) is 0 Å². The molecule has 1 fully saturated rings. The predicted octanol–water partition coefficient (Wildman–Crippen LogP) is 3.33. The van der Waals surface area contributed by atoms with Gasteiger partial charge in [-0.3, -0.25) is 9.69 Å². The molecule has 0 unspecified atom stereocenters. The van der Waals surface area contributed by atoms with Crippen molar-refractivity contribution in [2.24, 2.45) is 0 Å². The van der Waals surface area contributed by atoms with E-state index in [2.05, 4.69) is 15.5 Å². The highest BCUT2D eigenvalue weighted by Crippen LogP contribution is 2.40. The topological polar surface area (TPSA) is 88.3 Å². The van der Waals surface area contributed by atoms with Gasteiger partial charge in [0.25, 0.3) is 5.91 Å². The van der Waals surface area contributed by atoms with E-state index < -0.39 is 11.6 Å². The van der Waals surface area contributed by atoms with Crippen molar-refractivity contribution in [1.29, 1.82) is 0 Å². The van der Waals surface area contributed by atoms with Gasteiger partial charge in [-0.2, -0.15) is 4.98 Å². The summed E-state index contributed by atoms with van der Waals surface area (Å²) >= 11 is 0. The van der Waals surface area contributed by atoms with E-state index in [-0.39, 0.29) is 18.3 Å². The van der Waals surface area contributed by atoms with E-state index >= 15 is 0 Å². The Hall–Kier alpha value is -3.48. The summed E-state index contributed by atoms with van der Waals surface area (Å²) in [6.45, 7) is 1.92. The summed E-state index contributed by atoms with van der Waals surface area (Å²) in [5.74, 6) is 0.418. The van der Waals surface area contributed by atoms with Gasteiger partial charge in [-0.25, -0.2) is 4.79 Å². The summed E-state index contributed by atoms with van der Waals surface area (Å²) in [6.07, 6.45) is 2.34. The second-order valence-electron chi connectivity index (χ2n) is 7.56. The fourth-order valence-corrected chi connectivity index (χ4v) is 4.34. The number of carbonyl (C=O) groups excluding carboxylic acids is 2. The lowest BCUT2D eigenvalue weighted by Gasteiger charge is -2.33. The summed E-state index contributed by atoms with van der Waals surface area (Å²) in [5.41, 5.74) is 2.88. The lowest BCUT2D eigenvalue weighted by Crippen LogP contribution is -2.46. The quantitative estimate of drug-likeness (QED) is 0.696. The van der Waals surface area contributed by atoms with Crippen LogP contribution in [0.15, 0.2) is 53.1 Å². The first-order valence-corrected chi connectivity index (χ1v) is 9.69. The number of amides is 3. The van der Waals surface area contributed by atoms with Gasteiger partial charge in [0.2, 0.25) is 11.7 Å². The molecule has 7 nitrogen and oxygen atoms in total. The van der Waals surface area contributed by atoms with Crippen LogP contribution in [0.2, 0.25) is 0 Å². The van der Waals surface area contributed by atoms with E-state index in [4.69, 9.17) is 4.52 Å². The Kier molecular flexibility index (Phi) is 3.97. The number of benzene rings is 2. The van der Waals surface area contributed by atoms with Crippen LogP contribution in [0.1, 0.15) is 35.4 Å².